The second-order valence-corrected chi connectivity index (χ2v) is 5.39. The van der Waals surface area contributed by atoms with E-state index in [4.69, 9.17) is 0 Å². The van der Waals surface area contributed by atoms with Gasteiger partial charge in [0.15, 0.2) is 5.96 Å². The van der Waals surface area contributed by atoms with Crippen LogP contribution in [0.2, 0.25) is 0 Å². The van der Waals surface area contributed by atoms with E-state index in [1.807, 2.05) is 12.1 Å². The van der Waals surface area contributed by atoms with Crippen LogP contribution in [0.4, 0.5) is 0 Å². The minimum atomic E-state index is -0.231. The normalized spacial score (nSPS) is 18.2. The Labute approximate surface area is 149 Å². The third kappa shape index (κ3) is 6.00. The first-order valence-corrected chi connectivity index (χ1v) is 7.68. The Kier molecular flexibility index (Phi) is 8.55. The molecule has 6 heteroatoms. The molecule has 22 heavy (non-hydrogen) atoms. The number of aryl methyl sites for hydroxylation is 1. The van der Waals surface area contributed by atoms with E-state index in [9.17, 15) is 10.2 Å². The maximum Gasteiger partial charge on any atom is 0.194 e. The maximum absolute atomic E-state index is 9.61. The highest BCUT2D eigenvalue weighted by molar-refractivity contribution is 14.0. The number of halogens is 1. The number of guanidine groups is 1. The van der Waals surface area contributed by atoms with Crippen LogP contribution in [0.1, 0.15) is 25.3 Å². The van der Waals surface area contributed by atoms with Crippen molar-refractivity contribution in [1.29, 1.82) is 0 Å². The summed E-state index contributed by atoms with van der Waals surface area (Å²) in [6.07, 6.45) is 2.51. The van der Waals surface area contributed by atoms with Crippen molar-refractivity contribution in [2.75, 3.05) is 26.2 Å². The summed E-state index contributed by atoms with van der Waals surface area (Å²) in [5, 5.41) is 22.1. The van der Waals surface area contributed by atoms with Crippen molar-refractivity contribution >= 4 is 29.9 Å². The van der Waals surface area contributed by atoms with Crippen LogP contribution in [0.15, 0.2) is 29.3 Å². The molecule has 0 unspecified atom stereocenters. The Morgan fingerprint density at radius 3 is 2.68 bits per heavy atom. The van der Waals surface area contributed by atoms with Crippen LogP contribution in [-0.2, 0) is 6.42 Å². The molecule has 1 fully saturated rings. The third-order valence-corrected chi connectivity index (χ3v) is 3.62. The zero-order chi connectivity index (χ0) is 15.1. The minimum Gasteiger partial charge on any atom is -0.508 e. The van der Waals surface area contributed by atoms with Crippen LogP contribution in [0.5, 0.6) is 5.75 Å². The molecule has 0 aromatic heterocycles. The number of hydrogen-bond donors (Lipinski definition) is 3. The number of aliphatic imine (C=N–C) groups is 1. The van der Waals surface area contributed by atoms with E-state index in [2.05, 4.69) is 22.1 Å². The molecule has 5 nitrogen and oxygen atoms in total. The molecule has 1 aliphatic heterocycles. The zero-order valence-electron chi connectivity index (χ0n) is 13.0. The lowest BCUT2D eigenvalue weighted by atomic mass is 10.1. The van der Waals surface area contributed by atoms with Crippen LogP contribution in [0.3, 0.4) is 0 Å². The van der Waals surface area contributed by atoms with E-state index in [1.165, 1.54) is 5.56 Å². The lowest BCUT2D eigenvalue weighted by Crippen LogP contribution is -2.40. The molecule has 0 bridgehead atoms. The standard InChI is InChI=1S/C16H25N3O2.HI/c1-2-17-16(19-11-9-15(21)12-19)18-10-3-4-13-5-7-14(20)8-6-13;/h5-8,15,20-21H,2-4,9-12H2,1H3,(H,17,18);1H/t15-;/m1./s1. The largest absolute Gasteiger partial charge is 0.508 e. The summed E-state index contributed by atoms with van der Waals surface area (Å²) in [6, 6.07) is 7.32. The summed E-state index contributed by atoms with van der Waals surface area (Å²) < 4.78 is 0. The Morgan fingerprint density at radius 2 is 2.09 bits per heavy atom. The number of aromatic hydroxyl groups is 1. The molecule has 0 radical (unpaired) electrons. The lowest BCUT2D eigenvalue weighted by Gasteiger charge is -2.20. The fraction of sp³-hybridized carbons (Fsp3) is 0.562. The average molecular weight is 419 g/mol. The van der Waals surface area contributed by atoms with Crippen LogP contribution in [0, 0.1) is 0 Å². The minimum absolute atomic E-state index is 0. The number of rotatable bonds is 5. The molecule has 1 heterocycles. The molecule has 0 amide bonds. The highest BCUT2D eigenvalue weighted by Crippen LogP contribution is 2.12. The van der Waals surface area contributed by atoms with E-state index < -0.39 is 0 Å². The van der Waals surface area contributed by atoms with Gasteiger partial charge in [0, 0.05) is 26.2 Å². The zero-order valence-corrected chi connectivity index (χ0v) is 15.4. The van der Waals surface area contributed by atoms with Gasteiger partial charge >= 0.3 is 0 Å². The van der Waals surface area contributed by atoms with Gasteiger partial charge in [-0.15, -0.1) is 24.0 Å². The van der Waals surface area contributed by atoms with Crippen molar-refractivity contribution < 1.29 is 10.2 Å². The monoisotopic (exact) mass is 419 g/mol. The predicted molar refractivity (Wildman–Crippen MR) is 100 cm³/mol. The second kappa shape index (κ2) is 9.89. The molecular formula is C16H26IN3O2. The molecule has 3 N–H and O–H groups in total. The fourth-order valence-electron chi connectivity index (χ4n) is 2.49. The third-order valence-electron chi connectivity index (χ3n) is 3.62. The van der Waals surface area contributed by atoms with Crippen molar-refractivity contribution in [2.45, 2.75) is 32.3 Å². The van der Waals surface area contributed by atoms with E-state index in [1.54, 1.807) is 12.1 Å². The molecule has 124 valence electrons. The van der Waals surface area contributed by atoms with Gasteiger partial charge in [0.25, 0.3) is 0 Å². The number of β-amino-alcohol motifs (C(OH)–C–C–N with tert-alkyl or cyclic N) is 1. The van der Waals surface area contributed by atoms with Crippen molar-refractivity contribution in [2.24, 2.45) is 4.99 Å². The summed E-state index contributed by atoms with van der Waals surface area (Å²) in [7, 11) is 0. The van der Waals surface area contributed by atoms with Crippen molar-refractivity contribution in [3.8, 4) is 5.75 Å². The number of likely N-dealkylation sites (tertiary alicyclic amines) is 1. The topological polar surface area (TPSA) is 68.1 Å². The lowest BCUT2D eigenvalue weighted by molar-refractivity contribution is 0.188. The number of nitrogens with zero attached hydrogens (tertiary/aromatic N) is 2. The molecule has 1 aliphatic rings. The summed E-state index contributed by atoms with van der Waals surface area (Å²) in [5.74, 6) is 1.21. The number of phenolic OH excluding ortho intramolecular Hbond substituents is 1. The quantitative estimate of drug-likeness (QED) is 0.296. The molecule has 0 aliphatic carbocycles. The summed E-state index contributed by atoms with van der Waals surface area (Å²) in [5.41, 5.74) is 1.21. The van der Waals surface area contributed by atoms with Gasteiger partial charge in [-0.25, -0.2) is 0 Å². The highest BCUT2D eigenvalue weighted by atomic mass is 127. The SMILES string of the molecule is CCNC(=NCCCc1ccc(O)cc1)N1CC[C@@H](O)C1.I. The Morgan fingerprint density at radius 1 is 1.36 bits per heavy atom. The molecule has 1 aromatic rings. The Bertz CT molecular complexity index is 465. The molecule has 1 atom stereocenters. The Balaban J connectivity index is 0.00000242. The number of nitrogens with one attached hydrogen (secondary N) is 1. The van der Waals surface area contributed by atoms with E-state index in [0.717, 1.165) is 44.9 Å². The van der Waals surface area contributed by atoms with Gasteiger partial charge in [-0.3, -0.25) is 4.99 Å². The van der Waals surface area contributed by atoms with Gasteiger partial charge in [0.2, 0.25) is 0 Å². The fourth-order valence-corrected chi connectivity index (χ4v) is 2.49. The van der Waals surface area contributed by atoms with Gasteiger partial charge < -0.3 is 20.4 Å². The summed E-state index contributed by atoms with van der Waals surface area (Å²) in [4.78, 5) is 6.75. The van der Waals surface area contributed by atoms with Crippen LogP contribution >= 0.6 is 24.0 Å². The smallest absolute Gasteiger partial charge is 0.194 e. The number of hydrogen-bond acceptors (Lipinski definition) is 3. The number of aliphatic hydroxyl groups is 1. The number of aliphatic hydroxyl groups excluding tert-OH is 1. The number of benzene rings is 1. The van der Waals surface area contributed by atoms with Crippen LogP contribution in [-0.4, -0.2) is 53.4 Å². The van der Waals surface area contributed by atoms with Gasteiger partial charge in [0.05, 0.1) is 6.10 Å². The molecule has 0 saturated carbocycles. The first-order valence-electron chi connectivity index (χ1n) is 7.68. The molecule has 0 spiro atoms. The predicted octanol–water partition coefficient (Wildman–Crippen LogP) is 1.97. The van der Waals surface area contributed by atoms with E-state index in [-0.39, 0.29) is 30.1 Å². The van der Waals surface area contributed by atoms with E-state index >= 15 is 0 Å². The Hall–Kier alpha value is -1.02. The molecular weight excluding hydrogens is 393 g/mol. The number of phenols is 1. The first-order chi connectivity index (χ1) is 10.2. The maximum atomic E-state index is 9.61. The van der Waals surface area contributed by atoms with Gasteiger partial charge in [-0.1, -0.05) is 12.1 Å². The van der Waals surface area contributed by atoms with Crippen LogP contribution < -0.4 is 5.32 Å². The van der Waals surface area contributed by atoms with Crippen molar-refractivity contribution in [3.63, 3.8) is 0 Å². The molecule has 1 aromatic carbocycles. The molecule has 1 saturated heterocycles. The van der Waals surface area contributed by atoms with Crippen molar-refractivity contribution in [3.05, 3.63) is 29.8 Å². The van der Waals surface area contributed by atoms with Crippen LogP contribution in [0.25, 0.3) is 0 Å². The van der Waals surface area contributed by atoms with E-state index in [0.29, 0.717) is 12.3 Å². The summed E-state index contributed by atoms with van der Waals surface area (Å²) in [6.45, 7) is 5.19. The van der Waals surface area contributed by atoms with Gasteiger partial charge in [-0.05, 0) is 43.9 Å². The van der Waals surface area contributed by atoms with Gasteiger partial charge in [-0.2, -0.15) is 0 Å². The van der Waals surface area contributed by atoms with Gasteiger partial charge in [0.1, 0.15) is 5.75 Å². The summed E-state index contributed by atoms with van der Waals surface area (Å²) >= 11 is 0. The molecule has 2 rings (SSSR count). The second-order valence-electron chi connectivity index (χ2n) is 5.39. The average Bonchev–Trinajstić information content (AvgIpc) is 2.91. The highest BCUT2D eigenvalue weighted by Gasteiger charge is 2.22. The van der Waals surface area contributed by atoms with Crippen molar-refractivity contribution in [1.82, 2.24) is 10.2 Å². The first kappa shape index (κ1) is 19.0.